The molecule has 0 radical (unpaired) electrons. The molecule has 2 aromatic heterocycles. The van der Waals surface area contributed by atoms with Gasteiger partial charge in [-0.1, -0.05) is 0 Å². The van der Waals surface area contributed by atoms with Crippen molar-refractivity contribution in [1.82, 2.24) is 14.9 Å². The molecule has 4 nitrogen and oxygen atoms in total. The fourth-order valence-electron chi connectivity index (χ4n) is 2.31. The van der Waals surface area contributed by atoms with Crippen molar-refractivity contribution in [3.8, 4) is 11.3 Å². The van der Waals surface area contributed by atoms with Gasteiger partial charge < -0.3 is 4.90 Å². The maximum absolute atomic E-state index is 12.2. The van der Waals surface area contributed by atoms with Gasteiger partial charge in [-0.25, -0.2) is 0 Å². The highest BCUT2D eigenvalue weighted by molar-refractivity contribution is 5.94. The van der Waals surface area contributed by atoms with Crippen molar-refractivity contribution in [3.63, 3.8) is 0 Å². The fraction of sp³-hybridized carbons (Fsp3) is 0.267. The highest BCUT2D eigenvalue weighted by atomic mass is 16.2. The maximum atomic E-state index is 12.2. The third kappa shape index (κ3) is 2.47. The Balaban J connectivity index is 1.81. The molecule has 19 heavy (non-hydrogen) atoms. The molecule has 0 spiro atoms. The predicted molar refractivity (Wildman–Crippen MR) is 72.6 cm³/mol. The number of amides is 1. The molecule has 2 aromatic rings. The summed E-state index contributed by atoms with van der Waals surface area (Å²) in [5.41, 5.74) is 2.46. The van der Waals surface area contributed by atoms with Crippen molar-refractivity contribution in [2.45, 2.75) is 12.8 Å². The summed E-state index contributed by atoms with van der Waals surface area (Å²) in [7, 11) is 0. The third-order valence-corrected chi connectivity index (χ3v) is 3.36. The van der Waals surface area contributed by atoms with Crippen molar-refractivity contribution in [3.05, 3.63) is 48.4 Å². The maximum Gasteiger partial charge on any atom is 0.255 e. The van der Waals surface area contributed by atoms with Crippen LogP contribution in [0.2, 0.25) is 0 Å². The van der Waals surface area contributed by atoms with Gasteiger partial charge in [-0.2, -0.15) is 0 Å². The first-order valence-electron chi connectivity index (χ1n) is 6.50. The van der Waals surface area contributed by atoms with Crippen LogP contribution in [-0.2, 0) is 0 Å². The molecular weight excluding hydrogens is 238 g/mol. The van der Waals surface area contributed by atoms with Gasteiger partial charge in [0.15, 0.2) is 0 Å². The van der Waals surface area contributed by atoms with E-state index in [-0.39, 0.29) is 5.91 Å². The van der Waals surface area contributed by atoms with Gasteiger partial charge in [0, 0.05) is 37.2 Å². The van der Waals surface area contributed by atoms with E-state index in [1.165, 1.54) is 0 Å². The van der Waals surface area contributed by atoms with E-state index in [4.69, 9.17) is 0 Å². The summed E-state index contributed by atoms with van der Waals surface area (Å²) in [4.78, 5) is 22.5. The molecule has 96 valence electrons. The molecule has 0 saturated carbocycles. The van der Waals surface area contributed by atoms with Gasteiger partial charge in [0.25, 0.3) is 5.91 Å². The van der Waals surface area contributed by atoms with Gasteiger partial charge in [-0.05, 0) is 37.1 Å². The number of pyridine rings is 2. The lowest BCUT2D eigenvalue weighted by Gasteiger charge is -2.14. The smallest absolute Gasteiger partial charge is 0.255 e. The monoisotopic (exact) mass is 253 g/mol. The minimum Gasteiger partial charge on any atom is -0.339 e. The first-order chi connectivity index (χ1) is 9.34. The van der Waals surface area contributed by atoms with Crippen molar-refractivity contribution in [1.29, 1.82) is 0 Å². The first kappa shape index (κ1) is 11.8. The molecule has 0 bridgehead atoms. The number of hydrogen-bond donors (Lipinski definition) is 0. The number of aromatic nitrogens is 2. The number of rotatable bonds is 2. The van der Waals surface area contributed by atoms with E-state index in [0.29, 0.717) is 5.56 Å². The lowest BCUT2D eigenvalue weighted by molar-refractivity contribution is 0.0792. The number of hydrogen-bond acceptors (Lipinski definition) is 3. The molecule has 0 atom stereocenters. The molecule has 1 aliphatic heterocycles. The molecule has 3 heterocycles. The van der Waals surface area contributed by atoms with Gasteiger partial charge in [0.1, 0.15) is 0 Å². The van der Waals surface area contributed by atoms with Gasteiger partial charge >= 0.3 is 0 Å². The molecule has 1 aliphatic rings. The summed E-state index contributed by atoms with van der Waals surface area (Å²) in [5, 5.41) is 0. The van der Waals surface area contributed by atoms with Crippen LogP contribution in [0, 0.1) is 0 Å². The lowest BCUT2D eigenvalue weighted by Crippen LogP contribution is -2.27. The molecule has 3 rings (SSSR count). The predicted octanol–water partition coefficient (Wildman–Crippen LogP) is 2.38. The van der Waals surface area contributed by atoms with Crippen LogP contribution in [0.5, 0.6) is 0 Å². The number of carbonyl (C=O) groups is 1. The van der Waals surface area contributed by atoms with Crippen LogP contribution in [0.1, 0.15) is 23.2 Å². The van der Waals surface area contributed by atoms with E-state index in [1.54, 1.807) is 18.6 Å². The largest absolute Gasteiger partial charge is 0.339 e. The van der Waals surface area contributed by atoms with E-state index in [2.05, 4.69) is 9.97 Å². The standard InChI is InChI=1S/C15H15N3O/c19-15(18-8-1-2-9-18)13-5-6-14(17-11-13)12-4-3-7-16-10-12/h3-7,10-11H,1-2,8-9H2. The topological polar surface area (TPSA) is 46.1 Å². The Morgan fingerprint density at radius 2 is 1.95 bits per heavy atom. The highest BCUT2D eigenvalue weighted by Crippen LogP contribution is 2.17. The van der Waals surface area contributed by atoms with Crippen LogP contribution in [0.4, 0.5) is 0 Å². The summed E-state index contributed by atoms with van der Waals surface area (Å²) >= 11 is 0. The van der Waals surface area contributed by atoms with Gasteiger partial charge in [-0.15, -0.1) is 0 Å². The van der Waals surface area contributed by atoms with E-state index >= 15 is 0 Å². The van der Waals surface area contributed by atoms with E-state index < -0.39 is 0 Å². The second-order valence-corrected chi connectivity index (χ2v) is 4.67. The van der Waals surface area contributed by atoms with Crippen molar-refractivity contribution in [2.75, 3.05) is 13.1 Å². The number of likely N-dealkylation sites (tertiary alicyclic amines) is 1. The van der Waals surface area contributed by atoms with Crippen molar-refractivity contribution >= 4 is 5.91 Å². The Kier molecular flexibility index (Phi) is 3.23. The lowest BCUT2D eigenvalue weighted by atomic mass is 10.1. The summed E-state index contributed by atoms with van der Waals surface area (Å²) < 4.78 is 0. The quantitative estimate of drug-likeness (QED) is 0.825. The first-order valence-corrected chi connectivity index (χ1v) is 6.50. The van der Waals surface area contributed by atoms with Crippen molar-refractivity contribution in [2.24, 2.45) is 0 Å². The molecule has 1 saturated heterocycles. The third-order valence-electron chi connectivity index (χ3n) is 3.36. The second-order valence-electron chi connectivity index (χ2n) is 4.67. The van der Waals surface area contributed by atoms with E-state index in [1.807, 2.05) is 29.2 Å². The van der Waals surface area contributed by atoms with E-state index in [0.717, 1.165) is 37.2 Å². The molecule has 0 aliphatic carbocycles. The van der Waals surface area contributed by atoms with Crippen LogP contribution in [0.3, 0.4) is 0 Å². The Labute approximate surface area is 112 Å². The summed E-state index contributed by atoms with van der Waals surface area (Å²) in [6.45, 7) is 1.73. The molecule has 1 fully saturated rings. The molecule has 0 N–H and O–H groups in total. The van der Waals surface area contributed by atoms with Crippen LogP contribution in [-0.4, -0.2) is 33.9 Å². The fourth-order valence-corrected chi connectivity index (χ4v) is 2.31. The van der Waals surface area contributed by atoms with E-state index in [9.17, 15) is 4.79 Å². The van der Waals surface area contributed by atoms with Crippen LogP contribution >= 0.6 is 0 Å². The van der Waals surface area contributed by atoms with Crippen molar-refractivity contribution < 1.29 is 4.79 Å². The molecule has 4 heteroatoms. The number of nitrogens with zero attached hydrogens (tertiary/aromatic N) is 3. The molecule has 0 aromatic carbocycles. The zero-order chi connectivity index (χ0) is 13.1. The molecule has 1 amide bonds. The summed E-state index contributed by atoms with van der Waals surface area (Å²) in [6.07, 6.45) is 7.36. The average Bonchev–Trinajstić information content (AvgIpc) is 3.02. The Morgan fingerprint density at radius 1 is 1.11 bits per heavy atom. The highest BCUT2D eigenvalue weighted by Gasteiger charge is 2.19. The Morgan fingerprint density at radius 3 is 2.58 bits per heavy atom. The Bertz CT molecular complexity index is 560. The molecular formula is C15H15N3O. The average molecular weight is 253 g/mol. The normalized spacial score (nSPS) is 14.6. The second kappa shape index (κ2) is 5.18. The zero-order valence-electron chi connectivity index (χ0n) is 10.6. The van der Waals surface area contributed by atoms with Crippen LogP contribution in [0.15, 0.2) is 42.9 Å². The van der Waals surface area contributed by atoms with Gasteiger partial charge in [-0.3, -0.25) is 14.8 Å². The van der Waals surface area contributed by atoms with Crippen LogP contribution < -0.4 is 0 Å². The SMILES string of the molecule is O=C(c1ccc(-c2cccnc2)nc1)N1CCCC1. The zero-order valence-corrected chi connectivity index (χ0v) is 10.6. The van der Waals surface area contributed by atoms with Gasteiger partial charge in [0.05, 0.1) is 11.3 Å². The minimum atomic E-state index is 0.0859. The van der Waals surface area contributed by atoms with Gasteiger partial charge in [0.2, 0.25) is 0 Å². The summed E-state index contributed by atoms with van der Waals surface area (Å²) in [6, 6.07) is 7.55. The number of carbonyl (C=O) groups excluding carboxylic acids is 1. The minimum absolute atomic E-state index is 0.0859. The Hall–Kier alpha value is -2.23. The van der Waals surface area contributed by atoms with Crippen LogP contribution in [0.25, 0.3) is 11.3 Å². The summed E-state index contributed by atoms with van der Waals surface area (Å²) in [5.74, 6) is 0.0859. The molecule has 0 unspecified atom stereocenters.